The molecule has 156 valence electrons. The van der Waals surface area contributed by atoms with E-state index in [0.717, 1.165) is 31.2 Å². The first kappa shape index (κ1) is 21.2. The van der Waals surface area contributed by atoms with E-state index in [1.54, 1.807) is 6.92 Å². The highest BCUT2D eigenvalue weighted by Gasteiger charge is 2.21. The Kier molecular flexibility index (Phi) is 6.90. The molecule has 0 bridgehead atoms. The van der Waals surface area contributed by atoms with Crippen LogP contribution in [0.2, 0.25) is 0 Å². The normalized spacial score (nSPS) is 14.8. The van der Waals surface area contributed by atoms with Crippen molar-refractivity contribution in [1.82, 2.24) is 5.43 Å². The Morgan fingerprint density at radius 3 is 2.40 bits per heavy atom. The monoisotopic (exact) mass is 408 g/mol. The predicted octanol–water partition coefficient (Wildman–Crippen LogP) is 4.27. The summed E-state index contributed by atoms with van der Waals surface area (Å²) >= 11 is 0. The molecule has 1 saturated carbocycles. The second-order valence-corrected chi connectivity index (χ2v) is 7.35. The van der Waals surface area contributed by atoms with E-state index in [2.05, 4.69) is 15.8 Å². The maximum Gasteiger partial charge on any atom is 0.271 e. The minimum absolute atomic E-state index is 0.0490. The second-order valence-electron chi connectivity index (χ2n) is 7.35. The number of rotatable bonds is 6. The van der Waals surface area contributed by atoms with Gasteiger partial charge in [0.1, 0.15) is 0 Å². The van der Waals surface area contributed by atoms with Crippen molar-refractivity contribution < 1.29 is 14.5 Å². The van der Waals surface area contributed by atoms with Gasteiger partial charge in [-0.15, -0.1) is 0 Å². The maximum absolute atomic E-state index is 12.4. The molecule has 0 radical (unpaired) electrons. The van der Waals surface area contributed by atoms with Gasteiger partial charge in [0.25, 0.3) is 11.6 Å². The smallest absolute Gasteiger partial charge is 0.271 e. The van der Waals surface area contributed by atoms with Crippen LogP contribution in [0.25, 0.3) is 0 Å². The molecule has 0 aliphatic heterocycles. The number of non-ortho nitro benzene ring substituents is 1. The highest BCUT2D eigenvalue weighted by molar-refractivity contribution is 6.02. The standard InChI is InChI=1S/C22H24N4O4/c1-15(24-25-22(28)17-10-12-20(13-11-17)26(29)30)18-8-5-9-19(14-18)23-21(27)16-6-3-2-4-7-16/h5,8-14,16H,2-4,6-7H2,1H3,(H,23,27)(H,25,28)/b24-15-. The van der Waals surface area contributed by atoms with Crippen molar-refractivity contribution in [3.8, 4) is 0 Å². The minimum atomic E-state index is -0.524. The topological polar surface area (TPSA) is 114 Å². The first-order chi connectivity index (χ1) is 14.4. The minimum Gasteiger partial charge on any atom is -0.326 e. The number of benzene rings is 2. The molecule has 1 aliphatic carbocycles. The lowest BCUT2D eigenvalue weighted by atomic mass is 9.88. The van der Waals surface area contributed by atoms with Crippen LogP contribution in [0.1, 0.15) is 54.9 Å². The van der Waals surface area contributed by atoms with Crippen LogP contribution in [0.3, 0.4) is 0 Å². The van der Waals surface area contributed by atoms with E-state index in [0.29, 0.717) is 11.4 Å². The van der Waals surface area contributed by atoms with Crippen LogP contribution < -0.4 is 10.7 Å². The number of nitrogens with zero attached hydrogens (tertiary/aromatic N) is 2. The lowest BCUT2D eigenvalue weighted by Crippen LogP contribution is -2.24. The molecule has 2 N–H and O–H groups in total. The molecule has 2 amide bonds. The Balaban J connectivity index is 1.62. The van der Waals surface area contributed by atoms with Crippen molar-refractivity contribution >= 4 is 28.9 Å². The van der Waals surface area contributed by atoms with E-state index in [9.17, 15) is 19.7 Å². The summed E-state index contributed by atoms with van der Waals surface area (Å²) in [7, 11) is 0. The van der Waals surface area contributed by atoms with Crippen LogP contribution >= 0.6 is 0 Å². The van der Waals surface area contributed by atoms with Gasteiger partial charge in [0, 0.05) is 29.3 Å². The van der Waals surface area contributed by atoms with E-state index in [-0.39, 0.29) is 23.1 Å². The lowest BCUT2D eigenvalue weighted by molar-refractivity contribution is -0.384. The fraction of sp³-hybridized carbons (Fsp3) is 0.318. The number of anilines is 1. The number of amides is 2. The largest absolute Gasteiger partial charge is 0.326 e. The molecule has 2 aromatic carbocycles. The van der Waals surface area contributed by atoms with Gasteiger partial charge in [-0.1, -0.05) is 31.4 Å². The Bertz CT molecular complexity index is 963. The molecule has 0 saturated heterocycles. The Hall–Kier alpha value is -3.55. The van der Waals surface area contributed by atoms with Crippen LogP contribution in [-0.4, -0.2) is 22.4 Å². The summed E-state index contributed by atoms with van der Waals surface area (Å²) in [6, 6.07) is 12.6. The molecule has 2 aromatic rings. The summed E-state index contributed by atoms with van der Waals surface area (Å²) in [5.74, 6) is -0.350. The molecule has 8 heteroatoms. The van der Waals surface area contributed by atoms with E-state index < -0.39 is 10.8 Å². The quantitative estimate of drug-likeness (QED) is 0.422. The number of nitro benzene ring substituents is 1. The molecule has 0 unspecified atom stereocenters. The Labute approximate surface area is 174 Å². The summed E-state index contributed by atoms with van der Waals surface area (Å²) in [6.45, 7) is 1.75. The van der Waals surface area contributed by atoms with Crippen molar-refractivity contribution in [2.24, 2.45) is 11.0 Å². The third-order valence-electron chi connectivity index (χ3n) is 5.19. The van der Waals surface area contributed by atoms with Gasteiger partial charge in [-0.2, -0.15) is 5.10 Å². The molecular weight excluding hydrogens is 384 g/mol. The number of hydrazone groups is 1. The van der Waals surface area contributed by atoms with Gasteiger partial charge in [0.15, 0.2) is 0 Å². The van der Waals surface area contributed by atoms with E-state index in [1.807, 2.05) is 24.3 Å². The van der Waals surface area contributed by atoms with Crippen LogP contribution in [0.15, 0.2) is 53.6 Å². The lowest BCUT2D eigenvalue weighted by Gasteiger charge is -2.20. The predicted molar refractivity (Wildman–Crippen MR) is 114 cm³/mol. The zero-order valence-corrected chi connectivity index (χ0v) is 16.8. The number of hydrogen-bond donors (Lipinski definition) is 2. The van der Waals surface area contributed by atoms with Crippen molar-refractivity contribution in [3.63, 3.8) is 0 Å². The third kappa shape index (κ3) is 5.50. The summed E-state index contributed by atoms with van der Waals surface area (Å²) in [5, 5.41) is 17.8. The molecule has 1 fully saturated rings. The van der Waals surface area contributed by atoms with Gasteiger partial charge in [0.2, 0.25) is 5.91 Å². The fourth-order valence-corrected chi connectivity index (χ4v) is 3.43. The van der Waals surface area contributed by atoms with Gasteiger partial charge in [-0.25, -0.2) is 5.43 Å². The average molecular weight is 408 g/mol. The summed E-state index contributed by atoms with van der Waals surface area (Å²) < 4.78 is 0. The first-order valence-electron chi connectivity index (χ1n) is 9.94. The highest BCUT2D eigenvalue weighted by Crippen LogP contribution is 2.25. The number of carbonyl (C=O) groups is 2. The van der Waals surface area contributed by atoms with Gasteiger partial charge in [-0.3, -0.25) is 19.7 Å². The van der Waals surface area contributed by atoms with Crippen LogP contribution in [0, 0.1) is 16.0 Å². The molecule has 3 rings (SSSR count). The van der Waals surface area contributed by atoms with Gasteiger partial charge < -0.3 is 5.32 Å². The number of carbonyl (C=O) groups excluding carboxylic acids is 2. The van der Waals surface area contributed by atoms with E-state index in [4.69, 9.17) is 0 Å². The number of hydrogen-bond acceptors (Lipinski definition) is 5. The van der Waals surface area contributed by atoms with Crippen molar-refractivity contribution in [2.75, 3.05) is 5.32 Å². The molecule has 8 nitrogen and oxygen atoms in total. The van der Waals surface area contributed by atoms with Crippen molar-refractivity contribution in [3.05, 3.63) is 69.8 Å². The maximum atomic E-state index is 12.4. The fourth-order valence-electron chi connectivity index (χ4n) is 3.43. The molecule has 0 heterocycles. The first-order valence-corrected chi connectivity index (χ1v) is 9.94. The molecule has 1 aliphatic rings. The Morgan fingerprint density at radius 2 is 1.73 bits per heavy atom. The Morgan fingerprint density at radius 1 is 1.03 bits per heavy atom. The van der Waals surface area contributed by atoms with Gasteiger partial charge in [-0.05, 0) is 49.6 Å². The molecule has 0 atom stereocenters. The molecular formula is C22H24N4O4. The van der Waals surface area contributed by atoms with Crippen LogP contribution in [0.4, 0.5) is 11.4 Å². The van der Waals surface area contributed by atoms with Crippen molar-refractivity contribution in [1.29, 1.82) is 0 Å². The summed E-state index contributed by atoms with van der Waals surface area (Å²) in [5.41, 5.74) is 4.66. The highest BCUT2D eigenvalue weighted by atomic mass is 16.6. The molecule has 0 aromatic heterocycles. The van der Waals surface area contributed by atoms with E-state index in [1.165, 1.54) is 30.7 Å². The molecule has 30 heavy (non-hydrogen) atoms. The van der Waals surface area contributed by atoms with Crippen molar-refractivity contribution in [2.45, 2.75) is 39.0 Å². The molecule has 0 spiro atoms. The van der Waals surface area contributed by atoms with Gasteiger partial charge in [0.05, 0.1) is 10.6 Å². The second kappa shape index (κ2) is 9.78. The SMILES string of the molecule is C/C(=N/NC(=O)c1ccc([N+](=O)[O-])cc1)c1cccc(NC(=O)C2CCCCC2)c1. The summed E-state index contributed by atoms with van der Waals surface area (Å²) in [4.78, 5) is 34.8. The average Bonchev–Trinajstić information content (AvgIpc) is 2.78. The summed E-state index contributed by atoms with van der Waals surface area (Å²) in [6.07, 6.45) is 5.25. The third-order valence-corrected chi connectivity index (χ3v) is 5.19. The van der Waals surface area contributed by atoms with Crippen LogP contribution in [-0.2, 0) is 4.79 Å². The van der Waals surface area contributed by atoms with E-state index >= 15 is 0 Å². The van der Waals surface area contributed by atoms with Crippen LogP contribution in [0.5, 0.6) is 0 Å². The zero-order valence-electron chi connectivity index (χ0n) is 16.8. The number of nitrogens with one attached hydrogen (secondary N) is 2. The zero-order chi connectivity index (χ0) is 21.5. The van der Waals surface area contributed by atoms with Gasteiger partial charge >= 0.3 is 0 Å². The number of nitro groups is 1.